The van der Waals surface area contributed by atoms with Gasteiger partial charge >= 0.3 is 6.09 Å². The molecule has 0 aromatic carbocycles. The molecule has 2 amide bonds. The van der Waals surface area contributed by atoms with E-state index in [1.807, 2.05) is 26.8 Å². The lowest BCUT2D eigenvalue weighted by atomic mass is 10.2. The zero-order valence-electron chi connectivity index (χ0n) is 17.8. The van der Waals surface area contributed by atoms with Crippen molar-refractivity contribution in [2.24, 2.45) is 0 Å². The highest BCUT2D eigenvalue weighted by Crippen LogP contribution is 2.28. The van der Waals surface area contributed by atoms with Gasteiger partial charge in [-0.1, -0.05) is 0 Å². The summed E-state index contributed by atoms with van der Waals surface area (Å²) >= 11 is 0. The second-order valence-electron chi connectivity index (χ2n) is 8.09. The fourth-order valence-corrected chi connectivity index (χ4v) is 2.94. The number of amides is 2. The van der Waals surface area contributed by atoms with Crippen LogP contribution in [0.2, 0.25) is 0 Å². The SMILES string of the molecule is CCN(CC)c1ccc(C(=O)NCCCN(C(=O)OC(C)(C)C)C2CC2)cn1. The monoisotopic (exact) mass is 390 g/mol. The van der Waals surface area contributed by atoms with Gasteiger partial charge in [-0.05, 0) is 66.0 Å². The Kier molecular flexibility index (Phi) is 7.66. The number of hydrogen-bond donors (Lipinski definition) is 1. The van der Waals surface area contributed by atoms with Crippen molar-refractivity contribution in [1.82, 2.24) is 15.2 Å². The third kappa shape index (κ3) is 6.69. The molecule has 1 heterocycles. The van der Waals surface area contributed by atoms with Crippen LogP contribution in [0.4, 0.5) is 10.6 Å². The average Bonchev–Trinajstić information content (AvgIpc) is 3.46. The molecule has 7 heteroatoms. The van der Waals surface area contributed by atoms with Crippen molar-refractivity contribution < 1.29 is 14.3 Å². The average molecular weight is 391 g/mol. The van der Waals surface area contributed by atoms with E-state index >= 15 is 0 Å². The molecule has 1 aliphatic carbocycles. The molecular weight excluding hydrogens is 356 g/mol. The van der Waals surface area contributed by atoms with Crippen LogP contribution < -0.4 is 10.2 Å². The summed E-state index contributed by atoms with van der Waals surface area (Å²) in [4.78, 5) is 32.9. The number of hydrogen-bond acceptors (Lipinski definition) is 5. The highest BCUT2D eigenvalue weighted by molar-refractivity contribution is 5.94. The Labute approximate surface area is 168 Å². The molecule has 1 aliphatic rings. The molecule has 0 bridgehead atoms. The summed E-state index contributed by atoms with van der Waals surface area (Å²) in [5, 5.41) is 2.91. The maximum atomic E-state index is 12.3. The number of carbonyl (C=O) groups is 2. The van der Waals surface area contributed by atoms with Gasteiger partial charge in [-0.2, -0.15) is 0 Å². The predicted molar refractivity (Wildman–Crippen MR) is 111 cm³/mol. The largest absolute Gasteiger partial charge is 0.444 e. The van der Waals surface area contributed by atoms with Crippen LogP contribution in [-0.2, 0) is 4.74 Å². The van der Waals surface area contributed by atoms with Gasteiger partial charge in [-0.15, -0.1) is 0 Å². The normalized spacial score (nSPS) is 13.8. The first-order valence-corrected chi connectivity index (χ1v) is 10.2. The molecule has 1 aromatic heterocycles. The molecule has 1 saturated carbocycles. The van der Waals surface area contributed by atoms with Crippen LogP contribution in [0.25, 0.3) is 0 Å². The maximum absolute atomic E-state index is 12.3. The summed E-state index contributed by atoms with van der Waals surface area (Å²) in [5.41, 5.74) is 0.0463. The van der Waals surface area contributed by atoms with Crippen LogP contribution >= 0.6 is 0 Å². The van der Waals surface area contributed by atoms with Crippen LogP contribution in [0, 0.1) is 0 Å². The molecule has 0 aliphatic heterocycles. The van der Waals surface area contributed by atoms with Gasteiger partial charge in [0, 0.05) is 38.4 Å². The van der Waals surface area contributed by atoms with Crippen molar-refractivity contribution in [3.05, 3.63) is 23.9 Å². The van der Waals surface area contributed by atoms with Crippen molar-refractivity contribution >= 4 is 17.8 Å². The number of carbonyl (C=O) groups excluding carboxylic acids is 2. The topological polar surface area (TPSA) is 74.8 Å². The summed E-state index contributed by atoms with van der Waals surface area (Å²) in [6.07, 6.45) is 4.08. The van der Waals surface area contributed by atoms with Crippen molar-refractivity contribution in [2.45, 2.75) is 65.5 Å². The Morgan fingerprint density at radius 2 is 1.89 bits per heavy atom. The van der Waals surface area contributed by atoms with Crippen LogP contribution in [0.15, 0.2) is 18.3 Å². The smallest absolute Gasteiger partial charge is 0.410 e. The molecule has 1 N–H and O–H groups in total. The van der Waals surface area contributed by atoms with E-state index in [1.165, 1.54) is 0 Å². The molecule has 0 atom stereocenters. The Morgan fingerprint density at radius 3 is 2.39 bits per heavy atom. The van der Waals surface area contributed by atoms with E-state index in [2.05, 4.69) is 29.0 Å². The third-order valence-corrected chi connectivity index (χ3v) is 4.57. The maximum Gasteiger partial charge on any atom is 0.410 e. The number of pyridine rings is 1. The van der Waals surface area contributed by atoms with E-state index in [9.17, 15) is 9.59 Å². The number of nitrogens with zero attached hydrogens (tertiary/aromatic N) is 3. The molecule has 0 saturated heterocycles. The second-order valence-corrected chi connectivity index (χ2v) is 8.09. The van der Waals surface area contributed by atoms with E-state index in [0.717, 1.165) is 31.7 Å². The molecule has 156 valence electrons. The number of ether oxygens (including phenoxy) is 1. The minimum Gasteiger partial charge on any atom is -0.444 e. The van der Waals surface area contributed by atoms with Crippen molar-refractivity contribution in [1.29, 1.82) is 0 Å². The molecule has 2 rings (SSSR count). The molecular formula is C21H34N4O3. The Bertz CT molecular complexity index is 647. The fraction of sp³-hybridized carbons (Fsp3) is 0.667. The summed E-state index contributed by atoms with van der Waals surface area (Å²) in [5.74, 6) is 0.729. The van der Waals surface area contributed by atoms with Crippen molar-refractivity contribution in [2.75, 3.05) is 31.1 Å². The Hall–Kier alpha value is -2.31. The predicted octanol–water partition coefficient (Wildman–Crippen LogP) is 3.45. The van der Waals surface area contributed by atoms with E-state index < -0.39 is 5.60 Å². The molecule has 7 nitrogen and oxygen atoms in total. The molecule has 0 spiro atoms. The van der Waals surface area contributed by atoms with E-state index in [-0.39, 0.29) is 18.0 Å². The van der Waals surface area contributed by atoms with Gasteiger partial charge in [-0.3, -0.25) is 4.79 Å². The number of rotatable bonds is 9. The van der Waals surface area contributed by atoms with Gasteiger partial charge in [0.2, 0.25) is 0 Å². The van der Waals surface area contributed by atoms with Crippen LogP contribution in [0.5, 0.6) is 0 Å². The van der Waals surface area contributed by atoms with Crippen LogP contribution in [0.1, 0.15) is 64.2 Å². The highest BCUT2D eigenvalue weighted by Gasteiger charge is 2.34. The fourth-order valence-electron chi connectivity index (χ4n) is 2.94. The molecule has 1 aromatic rings. The Balaban J connectivity index is 1.79. The lowest BCUT2D eigenvalue weighted by Gasteiger charge is -2.27. The summed E-state index contributed by atoms with van der Waals surface area (Å²) in [6, 6.07) is 3.95. The summed E-state index contributed by atoms with van der Waals surface area (Å²) in [6.45, 7) is 12.6. The first-order chi connectivity index (χ1) is 13.2. The van der Waals surface area contributed by atoms with Gasteiger partial charge in [0.15, 0.2) is 0 Å². The van der Waals surface area contributed by atoms with Gasteiger partial charge in [0.05, 0.1) is 5.56 Å². The Morgan fingerprint density at radius 1 is 1.21 bits per heavy atom. The number of nitrogens with one attached hydrogen (secondary N) is 1. The molecule has 1 fully saturated rings. The molecule has 0 radical (unpaired) electrons. The van der Waals surface area contributed by atoms with Gasteiger partial charge in [0.1, 0.15) is 11.4 Å². The molecule has 28 heavy (non-hydrogen) atoms. The van der Waals surface area contributed by atoms with E-state index in [0.29, 0.717) is 25.1 Å². The highest BCUT2D eigenvalue weighted by atomic mass is 16.6. The summed E-state index contributed by atoms with van der Waals surface area (Å²) in [7, 11) is 0. The van der Waals surface area contributed by atoms with Crippen LogP contribution in [-0.4, -0.2) is 59.7 Å². The first kappa shape index (κ1) is 22.0. The zero-order chi connectivity index (χ0) is 20.7. The first-order valence-electron chi connectivity index (χ1n) is 10.2. The van der Waals surface area contributed by atoms with Crippen molar-refractivity contribution in [3.8, 4) is 0 Å². The van der Waals surface area contributed by atoms with Gasteiger partial charge in [-0.25, -0.2) is 9.78 Å². The van der Waals surface area contributed by atoms with Crippen molar-refractivity contribution in [3.63, 3.8) is 0 Å². The number of anilines is 1. The minimum atomic E-state index is -0.497. The van der Waals surface area contributed by atoms with Gasteiger partial charge in [0.25, 0.3) is 5.91 Å². The lowest BCUT2D eigenvalue weighted by molar-refractivity contribution is 0.0232. The minimum absolute atomic E-state index is 0.145. The van der Waals surface area contributed by atoms with E-state index in [4.69, 9.17) is 4.74 Å². The standard InChI is InChI=1S/C21H34N4O3/c1-6-24(7-2)18-12-9-16(15-23-18)19(26)22-13-8-14-25(17-10-11-17)20(27)28-21(3,4)5/h9,12,15,17H,6-8,10-11,13-14H2,1-5H3,(H,22,26). The van der Waals surface area contributed by atoms with Gasteiger partial charge < -0.3 is 19.9 Å². The summed E-state index contributed by atoms with van der Waals surface area (Å²) < 4.78 is 5.48. The van der Waals surface area contributed by atoms with E-state index in [1.54, 1.807) is 17.2 Å². The lowest BCUT2D eigenvalue weighted by Crippen LogP contribution is -2.39. The quantitative estimate of drug-likeness (QED) is 0.654. The third-order valence-electron chi connectivity index (χ3n) is 4.57. The van der Waals surface area contributed by atoms with Crippen LogP contribution in [0.3, 0.4) is 0 Å². The number of aromatic nitrogens is 1. The molecule has 0 unspecified atom stereocenters. The second kappa shape index (κ2) is 9.75. The zero-order valence-corrected chi connectivity index (χ0v) is 17.8.